The summed E-state index contributed by atoms with van der Waals surface area (Å²) < 4.78 is 11.3. The molecule has 0 bridgehead atoms. The Balaban J connectivity index is 1.63. The normalized spacial score (nSPS) is 12.6. The van der Waals surface area contributed by atoms with Gasteiger partial charge in [-0.25, -0.2) is 4.98 Å². The molecule has 0 aliphatic heterocycles. The topological polar surface area (TPSA) is 123 Å². The molecule has 0 spiro atoms. The first-order valence-electron chi connectivity index (χ1n) is 9.43. The van der Waals surface area contributed by atoms with Crippen molar-refractivity contribution in [2.24, 2.45) is 5.92 Å². The van der Waals surface area contributed by atoms with Gasteiger partial charge in [0.1, 0.15) is 18.0 Å². The van der Waals surface area contributed by atoms with Crippen LogP contribution >= 0.6 is 0 Å². The number of furan rings is 1. The second kappa shape index (κ2) is 7.50. The van der Waals surface area contributed by atoms with Crippen molar-refractivity contribution in [3.63, 3.8) is 0 Å². The molecule has 3 heterocycles. The Hall–Kier alpha value is -3.49. The molecule has 1 unspecified atom stereocenters. The van der Waals surface area contributed by atoms with E-state index in [2.05, 4.69) is 44.5 Å². The van der Waals surface area contributed by atoms with Crippen molar-refractivity contribution in [3.05, 3.63) is 47.3 Å². The molecule has 0 radical (unpaired) electrons. The Kier molecular flexibility index (Phi) is 4.87. The second-order valence-corrected chi connectivity index (χ2v) is 7.45. The molecule has 1 amide bonds. The van der Waals surface area contributed by atoms with Crippen LogP contribution in [0.25, 0.3) is 22.6 Å². The minimum absolute atomic E-state index is 0.288. The standard InChI is InChI=1S/C20H22N6O3/c1-10(2)8-14(20-24-18(26-29-20)17-21-9-22-25-17)23-19(27)16-12(4)13-7-5-6-11(3)15(13)28-16/h5-7,9-10,14H,8H2,1-4H3,(H,23,27)(H,21,22,25). The number of H-pyrrole nitrogens is 1. The number of hydrogen-bond donors (Lipinski definition) is 2. The molecule has 4 rings (SSSR count). The van der Waals surface area contributed by atoms with Crippen molar-refractivity contribution in [2.45, 2.75) is 40.2 Å². The number of para-hydroxylation sites is 1. The van der Waals surface area contributed by atoms with Crippen LogP contribution in [0.15, 0.2) is 33.5 Å². The number of hydrogen-bond acceptors (Lipinski definition) is 7. The van der Waals surface area contributed by atoms with Gasteiger partial charge in [0.2, 0.25) is 11.7 Å². The largest absolute Gasteiger partial charge is 0.450 e. The summed E-state index contributed by atoms with van der Waals surface area (Å²) in [7, 11) is 0. The first kappa shape index (κ1) is 18.9. The number of carbonyl (C=O) groups excluding carboxylic acids is 1. The molecule has 0 saturated carbocycles. The Morgan fingerprint density at radius 2 is 2.10 bits per heavy atom. The van der Waals surface area contributed by atoms with E-state index in [9.17, 15) is 4.79 Å². The second-order valence-electron chi connectivity index (χ2n) is 7.45. The van der Waals surface area contributed by atoms with E-state index in [4.69, 9.17) is 8.94 Å². The average molecular weight is 394 g/mol. The highest BCUT2D eigenvalue weighted by atomic mass is 16.5. The van der Waals surface area contributed by atoms with Crippen LogP contribution in [0.3, 0.4) is 0 Å². The number of aryl methyl sites for hydroxylation is 2. The number of benzene rings is 1. The summed E-state index contributed by atoms with van der Waals surface area (Å²) in [5.74, 6) is 1.26. The van der Waals surface area contributed by atoms with Gasteiger partial charge in [-0.15, -0.1) is 0 Å². The number of fused-ring (bicyclic) bond motifs is 1. The molecule has 0 fully saturated rings. The fourth-order valence-corrected chi connectivity index (χ4v) is 3.30. The van der Waals surface area contributed by atoms with Gasteiger partial charge in [-0.2, -0.15) is 10.1 Å². The number of carbonyl (C=O) groups is 1. The Morgan fingerprint density at radius 1 is 1.28 bits per heavy atom. The van der Waals surface area contributed by atoms with Crippen LogP contribution in [-0.2, 0) is 0 Å². The van der Waals surface area contributed by atoms with E-state index in [0.29, 0.717) is 24.1 Å². The van der Waals surface area contributed by atoms with Gasteiger partial charge in [0.15, 0.2) is 11.6 Å². The van der Waals surface area contributed by atoms with Gasteiger partial charge in [-0.05, 0) is 31.7 Å². The number of amides is 1. The molecule has 1 atom stereocenters. The lowest BCUT2D eigenvalue weighted by molar-refractivity contribution is 0.0895. The zero-order valence-corrected chi connectivity index (χ0v) is 16.7. The molecule has 2 N–H and O–H groups in total. The lowest BCUT2D eigenvalue weighted by atomic mass is 10.0. The molecule has 29 heavy (non-hydrogen) atoms. The van der Waals surface area contributed by atoms with Crippen molar-refractivity contribution in [2.75, 3.05) is 0 Å². The highest BCUT2D eigenvalue weighted by molar-refractivity contribution is 5.99. The van der Waals surface area contributed by atoms with Crippen molar-refractivity contribution < 1.29 is 13.7 Å². The minimum atomic E-state index is -0.458. The van der Waals surface area contributed by atoms with E-state index in [-0.39, 0.29) is 17.5 Å². The highest BCUT2D eigenvalue weighted by Gasteiger charge is 2.27. The zero-order chi connectivity index (χ0) is 20.5. The number of nitrogens with one attached hydrogen (secondary N) is 2. The summed E-state index contributed by atoms with van der Waals surface area (Å²) in [6.45, 7) is 7.95. The van der Waals surface area contributed by atoms with Crippen molar-refractivity contribution >= 4 is 16.9 Å². The first-order valence-corrected chi connectivity index (χ1v) is 9.43. The maximum absolute atomic E-state index is 13.0. The predicted octanol–water partition coefficient (Wildman–Crippen LogP) is 3.73. The molecule has 0 saturated heterocycles. The molecule has 4 aromatic rings. The van der Waals surface area contributed by atoms with E-state index in [0.717, 1.165) is 22.1 Å². The van der Waals surface area contributed by atoms with Crippen molar-refractivity contribution in [3.8, 4) is 11.6 Å². The summed E-state index contributed by atoms with van der Waals surface area (Å²) in [4.78, 5) is 21.4. The number of aromatic amines is 1. The van der Waals surface area contributed by atoms with Crippen LogP contribution in [0.2, 0.25) is 0 Å². The van der Waals surface area contributed by atoms with Crippen LogP contribution in [0.1, 0.15) is 53.9 Å². The van der Waals surface area contributed by atoms with E-state index in [1.807, 2.05) is 32.0 Å². The monoisotopic (exact) mass is 394 g/mol. The lowest BCUT2D eigenvalue weighted by Crippen LogP contribution is -2.30. The quantitative estimate of drug-likeness (QED) is 0.511. The van der Waals surface area contributed by atoms with Gasteiger partial charge in [0.25, 0.3) is 5.91 Å². The van der Waals surface area contributed by atoms with Gasteiger partial charge >= 0.3 is 0 Å². The van der Waals surface area contributed by atoms with E-state index >= 15 is 0 Å². The molecular weight excluding hydrogens is 372 g/mol. The van der Waals surface area contributed by atoms with E-state index in [1.54, 1.807) is 0 Å². The van der Waals surface area contributed by atoms with Gasteiger partial charge in [0.05, 0.1) is 0 Å². The fourth-order valence-electron chi connectivity index (χ4n) is 3.30. The highest BCUT2D eigenvalue weighted by Crippen LogP contribution is 2.29. The minimum Gasteiger partial charge on any atom is -0.450 e. The van der Waals surface area contributed by atoms with Crippen LogP contribution in [0.4, 0.5) is 0 Å². The molecule has 150 valence electrons. The first-order chi connectivity index (χ1) is 13.9. The Labute approximate surface area is 166 Å². The van der Waals surface area contributed by atoms with Gasteiger partial charge < -0.3 is 14.3 Å². The van der Waals surface area contributed by atoms with Crippen LogP contribution < -0.4 is 5.32 Å². The number of nitrogens with zero attached hydrogens (tertiary/aromatic N) is 4. The molecule has 0 aliphatic rings. The third-order valence-electron chi connectivity index (χ3n) is 4.75. The molecule has 9 nitrogen and oxygen atoms in total. The Bertz CT molecular complexity index is 1140. The summed E-state index contributed by atoms with van der Waals surface area (Å²) in [5.41, 5.74) is 2.51. The fraction of sp³-hybridized carbons (Fsp3) is 0.350. The molecule has 0 aliphatic carbocycles. The molecule has 1 aromatic carbocycles. The van der Waals surface area contributed by atoms with E-state index < -0.39 is 6.04 Å². The maximum atomic E-state index is 13.0. The van der Waals surface area contributed by atoms with Crippen molar-refractivity contribution in [1.82, 2.24) is 30.6 Å². The molecular formula is C20H22N6O3. The Morgan fingerprint density at radius 3 is 2.79 bits per heavy atom. The SMILES string of the molecule is Cc1c(C(=O)NC(CC(C)C)c2nc(-c3ncn[nH]3)no2)oc2c(C)cccc12. The number of rotatable bonds is 6. The summed E-state index contributed by atoms with van der Waals surface area (Å²) in [6, 6.07) is 5.40. The maximum Gasteiger partial charge on any atom is 0.287 e. The van der Waals surface area contributed by atoms with Crippen LogP contribution in [-0.4, -0.2) is 31.2 Å². The van der Waals surface area contributed by atoms with Gasteiger partial charge in [0, 0.05) is 10.9 Å². The third-order valence-corrected chi connectivity index (χ3v) is 4.75. The molecule has 3 aromatic heterocycles. The summed E-state index contributed by atoms with van der Waals surface area (Å²) in [6.07, 6.45) is 1.99. The van der Waals surface area contributed by atoms with Crippen LogP contribution in [0, 0.1) is 19.8 Å². The third kappa shape index (κ3) is 3.63. The number of aromatic nitrogens is 5. The average Bonchev–Trinajstić information content (AvgIpc) is 3.41. The van der Waals surface area contributed by atoms with Crippen LogP contribution in [0.5, 0.6) is 0 Å². The smallest absolute Gasteiger partial charge is 0.287 e. The van der Waals surface area contributed by atoms with Gasteiger partial charge in [-0.3, -0.25) is 9.89 Å². The summed E-state index contributed by atoms with van der Waals surface area (Å²) >= 11 is 0. The van der Waals surface area contributed by atoms with Gasteiger partial charge in [-0.1, -0.05) is 37.2 Å². The molecule has 9 heteroatoms. The van der Waals surface area contributed by atoms with E-state index in [1.165, 1.54) is 6.33 Å². The summed E-state index contributed by atoms with van der Waals surface area (Å²) in [5, 5.41) is 14.3. The predicted molar refractivity (Wildman–Crippen MR) is 105 cm³/mol. The lowest BCUT2D eigenvalue weighted by Gasteiger charge is -2.16. The van der Waals surface area contributed by atoms with Crippen molar-refractivity contribution in [1.29, 1.82) is 0 Å². The zero-order valence-electron chi connectivity index (χ0n) is 16.7.